The zero-order valence-electron chi connectivity index (χ0n) is 11.2. The highest BCUT2D eigenvalue weighted by molar-refractivity contribution is 9.10. The lowest BCUT2D eigenvalue weighted by molar-refractivity contribution is 0.373. The van der Waals surface area contributed by atoms with E-state index in [2.05, 4.69) is 21.2 Å². The van der Waals surface area contributed by atoms with Gasteiger partial charge in [0, 0.05) is 11.7 Å². The first-order valence-electron chi connectivity index (χ1n) is 6.09. The molecule has 0 aliphatic carbocycles. The number of rotatable bonds is 4. The number of phenols is 1. The lowest BCUT2D eigenvalue weighted by Gasteiger charge is -2.17. The van der Waals surface area contributed by atoms with Crippen LogP contribution in [0.25, 0.3) is 0 Å². The summed E-state index contributed by atoms with van der Waals surface area (Å²) in [5.74, 6) is 0.196. The van der Waals surface area contributed by atoms with Gasteiger partial charge in [0.1, 0.15) is 5.82 Å². The van der Waals surface area contributed by atoms with Crippen LogP contribution < -0.4 is 10.1 Å². The molecule has 0 saturated carbocycles. The first-order chi connectivity index (χ1) is 9.51. The molecule has 20 heavy (non-hydrogen) atoms. The standard InChI is InChI=1S/C15H15BrFNO2/c1-9(10-3-6-14(19)15(7-10)20-2)18-11-4-5-12(16)13(17)8-11/h3-9,18-19H,1-2H3. The molecule has 0 amide bonds. The SMILES string of the molecule is COc1cc(C(C)Nc2ccc(Br)c(F)c2)ccc1O. The van der Waals surface area contributed by atoms with Crippen molar-refractivity contribution in [3.8, 4) is 11.5 Å². The Balaban J connectivity index is 2.19. The van der Waals surface area contributed by atoms with E-state index in [4.69, 9.17) is 4.74 Å². The predicted molar refractivity (Wildman–Crippen MR) is 80.8 cm³/mol. The molecule has 0 spiro atoms. The first-order valence-corrected chi connectivity index (χ1v) is 6.89. The van der Waals surface area contributed by atoms with Crippen molar-refractivity contribution in [2.24, 2.45) is 0 Å². The molecule has 2 aromatic carbocycles. The molecule has 5 heteroatoms. The van der Waals surface area contributed by atoms with E-state index < -0.39 is 0 Å². The molecule has 0 heterocycles. The molecule has 0 aliphatic rings. The van der Waals surface area contributed by atoms with E-state index >= 15 is 0 Å². The fourth-order valence-electron chi connectivity index (χ4n) is 1.88. The fourth-order valence-corrected chi connectivity index (χ4v) is 2.13. The van der Waals surface area contributed by atoms with Crippen LogP contribution in [0.5, 0.6) is 11.5 Å². The number of halogens is 2. The third kappa shape index (κ3) is 3.22. The quantitative estimate of drug-likeness (QED) is 0.863. The molecule has 2 rings (SSSR count). The van der Waals surface area contributed by atoms with Gasteiger partial charge in [0.25, 0.3) is 0 Å². The van der Waals surface area contributed by atoms with E-state index in [-0.39, 0.29) is 17.6 Å². The number of anilines is 1. The number of hydrogen-bond donors (Lipinski definition) is 2. The van der Waals surface area contributed by atoms with Gasteiger partial charge in [0.05, 0.1) is 11.6 Å². The fraction of sp³-hybridized carbons (Fsp3) is 0.200. The van der Waals surface area contributed by atoms with Crippen molar-refractivity contribution in [2.45, 2.75) is 13.0 Å². The summed E-state index contributed by atoms with van der Waals surface area (Å²) >= 11 is 3.12. The van der Waals surface area contributed by atoms with Crippen LogP contribution in [0.2, 0.25) is 0 Å². The van der Waals surface area contributed by atoms with Crippen LogP contribution in [0, 0.1) is 5.82 Å². The lowest BCUT2D eigenvalue weighted by Crippen LogP contribution is -2.07. The summed E-state index contributed by atoms with van der Waals surface area (Å²) in [7, 11) is 1.50. The van der Waals surface area contributed by atoms with E-state index in [1.165, 1.54) is 13.2 Å². The second kappa shape index (κ2) is 6.13. The van der Waals surface area contributed by atoms with Crippen molar-refractivity contribution < 1.29 is 14.2 Å². The number of benzene rings is 2. The van der Waals surface area contributed by atoms with Crippen molar-refractivity contribution in [3.63, 3.8) is 0 Å². The average molecular weight is 340 g/mol. The van der Waals surface area contributed by atoms with Crippen LogP contribution in [0.1, 0.15) is 18.5 Å². The molecule has 0 bridgehead atoms. The average Bonchev–Trinajstić information content (AvgIpc) is 2.43. The van der Waals surface area contributed by atoms with Gasteiger partial charge in [-0.25, -0.2) is 4.39 Å². The van der Waals surface area contributed by atoms with Gasteiger partial charge in [-0.3, -0.25) is 0 Å². The van der Waals surface area contributed by atoms with Gasteiger partial charge in [-0.2, -0.15) is 0 Å². The van der Waals surface area contributed by atoms with Crippen LogP contribution in [-0.4, -0.2) is 12.2 Å². The number of ether oxygens (including phenoxy) is 1. The van der Waals surface area contributed by atoms with Crippen LogP contribution >= 0.6 is 15.9 Å². The molecule has 2 aromatic rings. The Bertz CT molecular complexity index is 619. The van der Waals surface area contributed by atoms with Crippen LogP contribution in [0.3, 0.4) is 0 Å². The van der Waals surface area contributed by atoms with Gasteiger partial charge in [-0.05, 0) is 58.7 Å². The smallest absolute Gasteiger partial charge is 0.160 e. The molecule has 0 aromatic heterocycles. The summed E-state index contributed by atoms with van der Waals surface area (Å²) in [4.78, 5) is 0. The Hall–Kier alpha value is -1.75. The minimum atomic E-state index is -0.314. The highest BCUT2D eigenvalue weighted by Gasteiger charge is 2.10. The highest BCUT2D eigenvalue weighted by atomic mass is 79.9. The Morgan fingerprint density at radius 1 is 1.25 bits per heavy atom. The molecule has 1 unspecified atom stereocenters. The number of phenolic OH excluding ortho intramolecular Hbond substituents is 1. The van der Waals surface area contributed by atoms with Gasteiger partial charge >= 0.3 is 0 Å². The summed E-state index contributed by atoms with van der Waals surface area (Å²) in [6.07, 6.45) is 0. The Morgan fingerprint density at radius 2 is 2.00 bits per heavy atom. The predicted octanol–water partition coefficient (Wildman–Crippen LogP) is 4.48. The maximum atomic E-state index is 13.5. The van der Waals surface area contributed by atoms with Crippen molar-refractivity contribution in [1.82, 2.24) is 0 Å². The third-order valence-electron chi connectivity index (χ3n) is 3.01. The zero-order valence-corrected chi connectivity index (χ0v) is 12.7. The Morgan fingerprint density at radius 3 is 2.65 bits per heavy atom. The topological polar surface area (TPSA) is 41.5 Å². The Labute approximate surface area is 125 Å². The lowest BCUT2D eigenvalue weighted by atomic mass is 10.1. The Kier molecular flexibility index (Phi) is 4.49. The third-order valence-corrected chi connectivity index (χ3v) is 3.65. The van der Waals surface area contributed by atoms with Gasteiger partial charge in [-0.1, -0.05) is 6.07 Å². The number of hydrogen-bond acceptors (Lipinski definition) is 3. The summed E-state index contributed by atoms with van der Waals surface area (Å²) in [5.41, 5.74) is 1.62. The summed E-state index contributed by atoms with van der Waals surface area (Å²) in [5, 5.41) is 12.8. The number of nitrogens with one attached hydrogen (secondary N) is 1. The molecule has 0 fully saturated rings. The summed E-state index contributed by atoms with van der Waals surface area (Å²) in [6.45, 7) is 1.95. The normalized spacial score (nSPS) is 12.0. The summed E-state index contributed by atoms with van der Waals surface area (Å²) in [6, 6.07) is 9.95. The van der Waals surface area contributed by atoms with Crippen molar-refractivity contribution in [3.05, 3.63) is 52.3 Å². The van der Waals surface area contributed by atoms with E-state index in [1.807, 2.05) is 6.92 Å². The van der Waals surface area contributed by atoms with Crippen LogP contribution in [0.4, 0.5) is 10.1 Å². The maximum Gasteiger partial charge on any atom is 0.160 e. The number of methoxy groups -OCH3 is 1. The van der Waals surface area contributed by atoms with Crippen molar-refractivity contribution in [1.29, 1.82) is 0 Å². The minimum Gasteiger partial charge on any atom is -0.504 e. The van der Waals surface area contributed by atoms with Gasteiger partial charge in [0.2, 0.25) is 0 Å². The molecular weight excluding hydrogens is 325 g/mol. The van der Waals surface area contributed by atoms with E-state index in [9.17, 15) is 9.50 Å². The van der Waals surface area contributed by atoms with Gasteiger partial charge in [-0.15, -0.1) is 0 Å². The first kappa shape index (κ1) is 14.7. The second-order valence-corrected chi connectivity index (χ2v) is 5.28. The van der Waals surface area contributed by atoms with E-state index in [1.54, 1.807) is 30.3 Å². The zero-order chi connectivity index (χ0) is 14.7. The molecule has 1 atom stereocenters. The summed E-state index contributed by atoms with van der Waals surface area (Å²) < 4.78 is 19.0. The second-order valence-electron chi connectivity index (χ2n) is 4.43. The van der Waals surface area contributed by atoms with Gasteiger partial charge < -0.3 is 15.2 Å². The molecule has 0 radical (unpaired) electrons. The van der Waals surface area contributed by atoms with Gasteiger partial charge in [0.15, 0.2) is 11.5 Å². The number of aromatic hydroxyl groups is 1. The largest absolute Gasteiger partial charge is 0.504 e. The molecule has 0 aliphatic heterocycles. The minimum absolute atomic E-state index is 0.0509. The molecule has 106 valence electrons. The molecule has 2 N–H and O–H groups in total. The van der Waals surface area contributed by atoms with E-state index in [0.717, 1.165) is 5.56 Å². The maximum absolute atomic E-state index is 13.5. The highest BCUT2D eigenvalue weighted by Crippen LogP contribution is 2.30. The monoisotopic (exact) mass is 339 g/mol. The molecular formula is C15H15BrFNO2. The van der Waals surface area contributed by atoms with E-state index in [0.29, 0.717) is 15.9 Å². The molecule has 3 nitrogen and oxygen atoms in total. The van der Waals surface area contributed by atoms with Crippen LogP contribution in [-0.2, 0) is 0 Å². The van der Waals surface area contributed by atoms with Crippen molar-refractivity contribution in [2.75, 3.05) is 12.4 Å². The molecule has 0 saturated heterocycles. The van der Waals surface area contributed by atoms with Crippen LogP contribution in [0.15, 0.2) is 40.9 Å². The van der Waals surface area contributed by atoms with Crippen molar-refractivity contribution >= 4 is 21.6 Å².